The first-order valence-electron chi connectivity index (χ1n) is 5.82. The standard InChI is InChI=1S/C11H23N3O2/c1-11(2,12)9-10(16)14-5-3-13(4-6-14)7-8-15/h15H,3-9,12H2,1-2H3. The summed E-state index contributed by atoms with van der Waals surface area (Å²) in [5.74, 6) is 0.135. The molecule has 0 bridgehead atoms. The van der Waals surface area contributed by atoms with Crippen LogP contribution < -0.4 is 5.73 Å². The Morgan fingerprint density at radius 3 is 2.31 bits per heavy atom. The highest BCUT2D eigenvalue weighted by Crippen LogP contribution is 2.09. The zero-order valence-electron chi connectivity index (χ0n) is 10.3. The number of aliphatic hydroxyl groups is 1. The predicted octanol–water partition coefficient (Wildman–Crippen LogP) is -0.750. The van der Waals surface area contributed by atoms with Crippen LogP contribution >= 0.6 is 0 Å². The summed E-state index contributed by atoms with van der Waals surface area (Å²) in [6.07, 6.45) is 0.396. The third-order valence-corrected chi connectivity index (χ3v) is 2.75. The molecule has 0 unspecified atom stereocenters. The Balaban J connectivity index is 2.33. The lowest BCUT2D eigenvalue weighted by molar-refractivity contribution is -0.134. The van der Waals surface area contributed by atoms with Crippen molar-refractivity contribution in [3.8, 4) is 0 Å². The summed E-state index contributed by atoms with van der Waals surface area (Å²) in [6.45, 7) is 7.80. The molecule has 1 amide bonds. The number of β-amino-alcohol motifs (C(OH)–C–C–N with tert-alkyl or cyclic N) is 1. The molecule has 0 aliphatic carbocycles. The molecular formula is C11H23N3O2. The third kappa shape index (κ3) is 4.47. The van der Waals surface area contributed by atoms with Crippen LogP contribution in [-0.4, -0.2) is 65.7 Å². The minimum absolute atomic E-state index is 0.135. The smallest absolute Gasteiger partial charge is 0.224 e. The van der Waals surface area contributed by atoms with E-state index in [0.29, 0.717) is 13.0 Å². The molecule has 0 spiro atoms. The van der Waals surface area contributed by atoms with Crippen molar-refractivity contribution in [1.82, 2.24) is 9.80 Å². The Morgan fingerprint density at radius 1 is 1.31 bits per heavy atom. The Hall–Kier alpha value is -0.650. The van der Waals surface area contributed by atoms with Gasteiger partial charge in [-0.15, -0.1) is 0 Å². The number of hydrogen-bond acceptors (Lipinski definition) is 4. The maximum atomic E-state index is 11.9. The number of aliphatic hydroxyl groups excluding tert-OH is 1. The molecule has 0 aromatic rings. The van der Waals surface area contributed by atoms with Crippen LogP contribution in [-0.2, 0) is 4.79 Å². The van der Waals surface area contributed by atoms with Gasteiger partial charge < -0.3 is 15.7 Å². The van der Waals surface area contributed by atoms with E-state index in [1.807, 2.05) is 18.7 Å². The van der Waals surface area contributed by atoms with Crippen molar-refractivity contribution in [2.75, 3.05) is 39.3 Å². The highest BCUT2D eigenvalue weighted by atomic mass is 16.3. The normalized spacial score (nSPS) is 18.9. The molecule has 1 saturated heterocycles. The number of hydrogen-bond donors (Lipinski definition) is 2. The first-order valence-corrected chi connectivity index (χ1v) is 5.82. The van der Waals surface area contributed by atoms with Gasteiger partial charge in [-0.3, -0.25) is 9.69 Å². The van der Waals surface area contributed by atoms with Crippen LogP contribution in [0.4, 0.5) is 0 Å². The van der Waals surface area contributed by atoms with E-state index >= 15 is 0 Å². The summed E-state index contributed by atoms with van der Waals surface area (Å²) >= 11 is 0. The molecule has 94 valence electrons. The molecule has 5 heteroatoms. The van der Waals surface area contributed by atoms with Crippen molar-refractivity contribution in [1.29, 1.82) is 0 Å². The van der Waals surface area contributed by atoms with Gasteiger partial charge in [-0.05, 0) is 13.8 Å². The molecule has 5 nitrogen and oxygen atoms in total. The molecule has 0 radical (unpaired) electrons. The van der Waals surface area contributed by atoms with E-state index in [2.05, 4.69) is 4.90 Å². The van der Waals surface area contributed by atoms with Gasteiger partial charge in [-0.2, -0.15) is 0 Å². The van der Waals surface area contributed by atoms with Gasteiger partial charge in [0.1, 0.15) is 0 Å². The van der Waals surface area contributed by atoms with Crippen molar-refractivity contribution in [2.45, 2.75) is 25.8 Å². The summed E-state index contributed by atoms with van der Waals surface area (Å²) < 4.78 is 0. The topological polar surface area (TPSA) is 69.8 Å². The van der Waals surface area contributed by atoms with Gasteiger partial charge in [0.15, 0.2) is 0 Å². The summed E-state index contributed by atoms with van der Waals surface area (Å²) in [6, 6.07) is 0. The van der Waals surface area contributed by atoms with Crippen LogP contribution in [0.15, 0.2) is 0 Å². The molecule has 0 aromatic heterocycles. The molecule has 0 saturated carbocycles. The average Bonchev–Trinajstić information content (AvgIpc) is 2.16. The number of amides is 1. The lowest BCUT2D eigenvalue weighted by Crippen LogP contribution is -2.51. The SMILES string of the molecule is CC(C)(N)CC(=O)N1CCN(CCO)CC1. The molecule has 1 aliphatic heterocycles. The third-order valence-electron chi connectivity index (χ3n) is 2.75. The number of nitrogens with zero attached hydrogens (tertiary/aromatic N) is 2. The van der Waals surface area contributed by atoms with Crippen LogP contribution in [0.5, 0.6) is 0 Å². The highest BCUT2D eigenvalue weighted by molar-refractivity contribution is 5.77. The van der Waals surface area contributed by atoms with Crippen LogP contribution in [0.1, 0.15) is 20.3 Å². The number of rotatable bonds is 4. The van der Waals surface area contributed by atoms with Crippen LogP contribution in [0.3, 0.4) is 0 Å². The van der Waals surface area contributed by atoms with Crippen molar-refractivity contribution >= 4 is 5.91 Å². The van der Waals surface area contributed by atoms with Crippen molar-refractivity contribution in [3.63, 3.8) is 0 Å². The second-order valence-electron chi connectivity index (χ2n) is 5.11. The first-order chi connectivity index (χ1) is 7.42. The van der Waals surface area contributed by atoms with Crippen molar-refractivity contribution < 1.29 is 9.90 Å². The lowest BCUT2D eigenvalue weighted by Gasteiger charge is -2.35. The molecular weight excluding hydrogens is 206 g/mol. The molecule has 0 atom stereocenters. The van der Waals surface area contributed by atoms with E-state index in [0.717, 1.165) is 26.2 Å². The van der Waals surface area contributed by atoms with E-state index in [-0.39, 0.29) is 12.5 Å². The number of carbonyl (C=O) groups is 1. The molecule has 16 heavy (non-hydrogen) atoms. The molecule has 0 aromatic carbocycles. The van der Waals surface area contributed by atoms with E-state index in [1.165, 1.54) is 0 Å². The molecule has 1 aliphatic rings. The Kier molecular flexibility index (Phi) is 4.70. The zero-order chi connectivity index (χ0) is 12.2. The number of piperazine rings is 1. The second kappa shape index (κ2) is 5.61. The zero-order valence-corrected chi connectivity index (χ0v) is 10.3. The predicted molar refractivity (Wildman–Crippen MR) is 63.0 cm³/mol. The molecule has 1 heterocycles. The van der Waals surface area contributed by atoms with Gasteiger partial charge in [-0.1, -0.05) is 0 Å². The van der Waals surface area contributed by atoms with E-state index in [1.54, 1.807) is 0 Å². The van der Waals surface area contributed by atoms with Gasteiger partial charge in [0.25, 0.3) is 0 Å². The van der Waals surface area contributed by atoms with E-state index in [4.69, 9.17) is 10.8 Å². The average molecular weight is 229 g/mol. The van der Waals surface area contributed by atoms with E-state index < -0.39 is 5.54 Å². The van der Waals surface area contributed by atoms with Gasteiger partial charge in [-0.25, -0.2) is 0 Å². The van der Waals surface area contributed by atoms with Gasteiger partial charge in [0, 0.05) is 44.7 Å². The molecule has 1 fully saturated rings. The van der Waals surface area contributed by atoms with Crippen LogP contribution in [0, 0.1) is 0 Å². The Labute approximate surface area is 97.2 Å². The largest absolute Gasteiger partial charge is 0.395 e. The maximum absolute atomic E-state index is 11.9. The van der Waals surface area contributed by atoms with Gasteiger partial charge in [0.05, 0.1) is 6.61 Å². The van der Waals surface area contributed by atoms with Gasteiger partial charge >= 0.3 is 0 Å². The fraction of sp³-hybridized carbons (Fsp3) is 0.909. The maximum Gasteiger partial charge on any atom is 0.224 e. The minimum Gasteiger partial charge on any atom is -0.395 e. The van der Waals surface area contributed by atoms with Crippen molar-refractivity contribution in [2.24, 2.45) is 5.73 Å². The van der Waals surface area contributed by atoms with E-state index in [9.17, 15) is 4.79 Å². The second-order valence-corrected chi connectivity index (χ2v) is 5.11. The Morgan fingerprint density at radius 2 is 1.88 bits per heavy atom. The fourth-order valence-electron chi connectivity index (χ4n) is 1.86. The number of carbonyl (C=O) groups excluding carboxylic acids is 1. The van der Waals surface area contributed by atoms with Crippen LogP contribution in [0.25, 0.3) is 0 Å². The van der Waals surface area contributed by atoms with Crippen LogP contribution in [0.2, 0.25) is 0 Å². The first kappa shape index (κ1) is 13.4. The summed E-state index contributed by atoms with van der Waals surface area (Å²) in [7, 11) is 0. The quantitative estimate of drug-likeness (QED) is 0.665. The highest BCUT2D eigenvalue weighted by Gasteiger charge is 2.24. The summed E-state index contributed by atoms with van der Waals surface area (Å²) in [4.78, 5) is 15.9. The lowest BCUT2D eigenvalue weighted by atomic mass is 10.0. The summed E-state index contributed by atoms with van der Waals surface area (Å²) in [5.41, 5.74) is 5.40. The van der Waals surface area contributed by atoms with Crippen molar-refractivity contribution in [3.05, 3.63) is 0 Å². The number of nitrogens with two attached hydrogens (primary N) is 1. The molecule has 3 N–H and O–H groups in total. The summed E-state index contributed by atoms with van der Waals surface area (Å²) in [5, 5.41) is 8.81. The molecule has 1 rings (SSSR count). The minimum atomic E-state index is -0.431. The fourth-order valence-corrected chi connectivity index (χ4v) is 1.86. The van der Waals surface area contributed by atoms with Gasteiger partial charge in [0.2, 0.25) is 5.91 Å². The Bertz CT molecular complexity index is 230. The monoisotopic (exact) mass is 229 g/mol.